The van der Waals surface area contributed by atoms with Gasteiger partial charge in [0.15, 0.2) is 12.4 Å². The maximum atomic E-state index is 12.2. The molecule has 2 fully saturated rings. The summed E-state index contributed by atoms with van der Waals surface area (Å²) in [5, 5.41) is 69.1. The van der Waals surface area contributed by atoms with Crippen LogP contribution in [0.2, 0.25) is 0 Å². The smallest absolute Gasteiger partial charge is 0.337 e. The SMILES string of the molecule is C/C(=C\OC(=O)/C=C/c1ccc(O)cc1)[C@@H](O)[C@H]1OC(=O)/C(=C\CO[C@H]2O[C@@H](CO)[C@H](O)[C@@H](O)[C@@H]2O)[C@@H]1O. The van der Waals surface area contributed by atoms with Crippen LogP contribution >= 0.6 is 0 Å². The Hall–Kier alpha value is -3.14. The molecule has 0 amide bonds. The van der Waals surface area contributed by atoms with Gasteiger partial charge in [-0.3, -0.25) is 0 Å². The second-order valence-corrected chi connectivity index (χ2v) is 8.67. The Labute approximate surface area is 217 Å². The zero-order valence-electron chi connectivity index (χ0n) is 20.2. The van der Waals surface area contributed by atoms with Gasteiger partial charge in [0, 0.05) is 6.08 Å². The minimum absolute atomic E-state index is 0.0754. The topological polar surface area (TPSA) is 213 Å². The second kappa shape index (κ2) is 13.1. The number of esters is 2. The van der Waals surface area contributed by atoms with E-state index in [4.69, 9.17) is 18.9 Å². The molecule has 0 aliphatic carbocycles. The van der Waals surface area contributed by atoms with E-state index >= 15 is 0 Å². The lowest BCUT2D eigenvalue weighted by Gasteiger charge is -2.39. The van der Waals surface area contributed by atoms with Gasteiger partial charge in [-0.1, -0.05) is 12.1 Å². The normalized spacial score (nSPS) is 32.0. The first-order valence-corrected chi connectivity index (χ1v) is 11.6. The molecule has 208 valence electrons. The zero-order valence-corrected chi connectivity index (χ0v) is 20.2. The summed E-state index contributed by atoms with van der Waals surface area (Å²) in [4.78, 5) is 24.2. The first kappa shape index (κ1) is 29.4. The average molecular weight is 539 g/mol. The predicted molar refractivity (Wildman–Crippen MR) is 127 cm³/mol. The summed E-state index contributed by atoms with van der Waals surface area (Å²) in [7, 11) is 0. The Bertz CT molecular complexity index is 1060. The molecule has 2 aliphatic heterocycles. The maximum Gasteiger partial charge on any atom is 0.337 e. The number of aliphatic hydroxyl groups excluding tert-OH is 6. The summed E-state index contributed by atoms with van der Waals surface area (Å²) in [6.07, 6.45) is -7.33. The number of hydrogen-bond donors (Lipinski definition) is 7. The molecule has 7 N–H and O–H groups in total. The summed E-state index contributed by atoms with van der Waals surface area (Å²) in [5.41, 5.74) is 0.462. The van der Waals surface area contributed by atoms with E-state index < -0.39 is 74.2 Å². The van der Waals surface area contributed by atoms with Crippen LogP contribution in [-0.4, -0.2) is 110 Å². The molecule has 38 heavy (non-hydrogen) atoms. The van der Waals surface area contributed by atoms with Crippen molar-refractivity contribution in [1.29, 1.82) is 0 Å². The number of phenolic OH excluding ortho intramolecular Hbond substituents is 1. The van der Waals surface area contributed by atoms with Gasteiger partial charge in [0.1, 0.15) is 42.4 Å². The van der Waals surface area contributed by atoms with Crippen LogP contribution in [0.1, 0.15) is 12.5 Å². The van der Waals surface area contributed by atoms with E-state index in [0.29, 0.717) is 5.56 Å². The highest BCUT2D eigenvalue weighted by Crippen LogP contribution is 2.27. The van der Waals surface area contributed by atoms with Crippen molar-refractivity contribution >= 4 is 18.0 Å². The average Bonchev–Trinajstić information content (AvgIpc) is 3.19. The number of hydrogen-bond acceptors (Lipinski definition) is 13. The van der Waals surface area contributed by atoms with E-state index in [2.05, 4.69) is 0 Å². The number of cyclic esters (lactones) is 1. The highest BCUT2D eigenvalue weighted by Gasteiger charge is 2.45. The summed E-state index contributed by atoms with van der Waals surface area (Å²) in [6, 6.07) is 6.06. The molecule has 13 heteroatoms. The Morgan fingerprint density at radius 1 is 1.11 bits per heavy atom. The molecule has 2 aliphatic rings. The number of carbonyl (C=O) groups is 2. The fraction of sp³-hybridized carbons (Fsp3) is 0.440. The van der Waals surface area contributed by atoms with Gasteiger partial charge in [-0.15, -0.1) is 0 Å². The van der Waals surface area contributed by atoms with Gasteiger partial charge in [0.05, 0.1) is 25.0 Å². The van der Waals surface area contributed by atoms with Crippen LogP contribution in [0.15, 0.2) is 53.8 Å². The van der Waals surface area contributed by atoms with E-state index in [1.54, 1.807) is 12.1 Å². The van der Waals surface area contributed by atoms with E-state index in [1.807, 2.05) is 0 Å². The minimum Gasteiger partial charge on any atom is -0.508 e. The number of rotatable bonds is 9. The van der Waals surface area contributed by atoms with Crippen LogP contribution in [0.3, 0.4) is 0 Å². The van der Waals surface area contributed by atoms with Crippen molar-refractivity contribution in [2.24, 2.45) is 0 Å². The minimum atomic E-state index is -1.65. The largest absolute Gasteiger partial charge is 0.508 e. The molecule has 0 bridgehead atoms. The van der Waals surface area contributed by atoms with Crippen LogP contribution in [-0.2, 0) is 28.5 Å². The molecular weight excluding hydrogens is 508 g/mol. The molecule has 0 radical (unpaired) electrons. The summed E-state index contributed by atoms with van der Waals surface area (Å²) >= 11 is 0. The number of aromatic hydroxyl groups is 1. The van der Waals surface area contributed by atoms with Gasteiger partial charge < -0.3 is 54.7 Å². The number of aliphatic hydroxyl groups is 6. The quantitative estimate of drug-likeness (QED) is 0.106. The van der Waals surface area contributed by atoms with Crippen LogP contribution < -0.4 is 0 Å². The second-order valence-electron chi connectivity index (χ2n) is 8.67. The predicted octanol–water partition coefficient (Wildman–Crippen LogP) is -1.76. The lowest BCUT2D eigenvalue weighted by atomic mass is 9.99. The fourth-order valence-corrected chi connectivity index (χ4v) is 3.70. The Kier molecular flexibility index (Phi) is 10.1. The molecule has 1 aromatic rings. The van der Waals surface area contributed by atoms with Gasteiger partial charge in [-0.05, 0) is 42.3 Å². The number of carbonyl (C=O) groups excluding carboxylic acids is 2. The van der Waals surface area contributed by atoms with Crippen molar-refractivity contribution in [3.8, 4) is 5.75 Å². The van der Waals surface area contributed by atoms with Crippen molar-refractivity contribution in [3.63, 3.8) is 0 Å². The molecular formula is C25H30O13. The van der Waals surface area contributed by atoms with Crippen LogP contribution in [0.5, 0.6) is 5.75 Å². The van der Waals surface area contributed by atoms with Crippen LogP contribution in [0.25, 0.3) is 6.08 Å². The van der Waals surface area contributed by atoms with Gasteiger partial charge in [-0.2, -0.15) is 0 Å². The Morgan fingerprint density at radius 2 is 1.79 bits per heavy atom. The van der Waals surface area contributed by atoms with E-state index in [1.165, 1.54) is 25.1 Å². The van der Waals surface area contributed by atoms with Gasteiger partial charge in [-0.25, -0.2) is 9.59 Å². The Balaban J connectivity index is 1.55. The van der Waals surface area contributed by atoms with Crippen molar-refractivity contribution in [1.82, 2.24) is 0 Å². The highest BCUT2D eigenvalue weighted by atomic mass is 16.7. The van der Waals surface area contributed by atoms with Crippen LogP contribution in [0.4, 0.5) is 0 Å². The number of ether oxygens (including phenoxy) is 4. The summed E-state index contributed by atoms with van der Waals surface area (Å²) in [6.45, 7) is 0.353. The molecule has 0 spiro atoms. The molecule has 0 aromatic heterocycles. The van der Waals surface area contributed by atoms with Crippen molar-refractivity contribution in [2.45, 2.75) is 55.9 Å². The molecule has 1 aromatic carbocycles. The molecule has 13 nitrogen and oxygen atoms in total. The lowest BCUT2D eigenvalue weighted by Crippen LogP contribution is -2.59. The maximum absolute atomic E-state index is 12.2. The van der Waals surface area contributed by atoms with E-state index in [-0.39, 0.29) is 16.9 Å². The third-order valence-electron chi connectivity index (χ3n) is 5.96. The number of benzene rings is 1. The third kappa shape index (κ3) is 7.03. The first-order valence-electron chi connectivity index (χ1n) is 11.6. The van der Waals surface area contributed by atoms with Crippen molar-refractivity contribution in [2.75, 3.05) is 13.2 Å². The van der Waals surface area contributed by atoms with Crippen LogP contribution in [0, 0.1) is 0 Å². The first-order chi connectivity index (χ1) is 18.0. The molecule has 0 saturated carbocycles. The zero-order chi connectivity index (χ0) is 28.0. The van der Waals surface area contributed by atoms with Gasteiger partial charge in [0.25, 0.3) is 0 Å². The number of phenols is 1. The molecule has 8 atom stereocenters. The third-order valence-corrected chi connectivity index (χ3v) is 5.96. The molecule has 3 rings (SSSR count). The van der Waals surface area contributed by atoms with E-state index in [0.717, 1.165) is 18.4 Å². The summed E-state index contributed by atoms with van der Waals surface area (Å²) < 4.78 is 20.5. The summed E-state index contributed by atoms with van der Waals surface area (Å²) in [5.74, 6) is -1.63. The molecule has 2 heterocycles. The van der Waals surface area contributed by atoms with Crippen molar-refractivity contribution < 1.29 is 64.3 Å². The molecule has 0 unspecified atom stereocenters. The van der Waals surface area contributed by atoms with Gasteiger partial charge in [0.2, 0.25) is 0 Å². The highest BCUT2D eigenvalue weighted by molar-refractivity contribution is 5.92. The van der Waals surface area contributed by atoms with Gasteiger partial charge >= 0.3 is 11.9 Å². The molecule has 2 saturated heterocycles. The monoisotopic (exact) mass is 538 g/mol. The fourth-order valence-electron chi connectivity index (χ4n) is 3.70. The standard InChI is InChI=1S/C25H30O13/c1-12(11-36-17(28)7-4-13-2-5-14(27)6-3-13)18(29)23-19(30)15(24(34)38-23)8-9-35-25-22(33)21(32)20(31)16(10-26)37-25/h2-8,11,16,18-23,25-27,29-33H,9-10H2,1H3/b7-4+,12-11+,15-8-/t16-,18+,19-,20-,21+,22-,23+,25-/m0/s1. The van der Waals surface area contributed by atoms with Crippen molar-refractivity contribution in [3.05, 3.63) is 59.4 Å². The van der Waals surface area contributed by atoms with E-state index in [9.17, 15) is 45.3 Å². The lowest BCUT2D eigenvalue weighted by molar-refractivity contribution is -0.298. The Morgan fingerprint density at radius 3 is 2.45 bits per heavy atom.